The molecule has 0 spiro atoms. The Morgan fingerprint density at radius 1 is 0.875 bits per heavy atom. The number of carbonyl (C=O) groups excluding carboxylic acids is 2. The van der Waals surface area contributed by atoms with E-state index in [1.165, 1.54) is 0 Å². The van der Waals surface area contributed by atoms with Crippen molar-refractivity contribution < 1.29 is 19.1 Å². The summed E-state index contributed by atoms with van der Waals surface area (Å²) >= 11 is 0. The molecule has 0 unspecified atom stereocenters. The van der Waals surface area contributed by atoms with Gasteiger partial charge in [-0.15, -0.1) is 0 Å². The lowest BCUT2D eigenvalue weighted by molar-refractivity contribution is 0.0303. The van der Waals surface area contributed by atoms with Crippen LogP contribution >= 0.6 is 0 Å². The Kier molecular flexibility index (Phi) is 7.03. The molecule has 2 fully saturated rings. The molecular formula is C25H27N3O4. The summed E-state index contributed by atoms with van der Waals surface area (Å²) in [4.78, 5) is 28.9. The maximum atomic E-state index is 12.7. The molecule has 2 heterocycles. The van der Waals surface area contributed by atoms with Crippen molar-refractivity contribution in [1.29, 1.82) is 5.26 Å². The van der Waals surface area contributed by atoms with Gasteiger partial charge in [0.05, 0.1) is 31.5 Å². The summed E-state index contributed by atoms with van der Waals surface area (Å²) in [6.07, 6.45) is 1.77. The lowest BCUT2D eigenvalue weighted by Gasteiger charge is -2.32. The fraction of sp³-hybridized carbons (Fsp3) is 0.400. The van der Waals surface area contributed by atoms with Crippen LogP contribution in [0, 0.1) is 17.2 Å². The van der Waals surface area contributed by atoms with E-state index < -0.39 is 0 Å². The van der Waals surface area contributed by atoms with Crippen LogP contribution in [-0.2, 0) is 4.74 Å². The molecule has 2 amide bonds. The summed E-state index contributed by atoms with van der Waals surface area (Å²) in [5, 5.41) is 8.89. The van der Waals surface area contributed by atoms with E-state index in [9.17, 15) is 9.59 Å². The number of amides is 2. The SMILES string of the molecule is N#Cc1ccc(C(=O)N2CCC(COc3ccc(C(=O)N4CCOCC4)cc3)CC2)cc1. The van der Waals surface area contributed by atoms with Crippen molar-refractivity contribution in [2.75, 3.05) is 46.0 Å². The predicted molar refractivity (Wildman–Crippen MR) is 118 cm³/mol. The molecule has 2 aliphatic heterocycles. The van der Waals surface area contributed by atoms with E-state index in [0.717, 1.165) is 18.6 Å². The maximum absolute atomic E-state index is 12.7. The fourth-order valence-corrected chi connectivity index (χ4v) is 4.03. The predicted octanol–water partition coefficient (Wildman–Crippen LogP) is 2.96. The topological polar surface area (TPSA) is 82.9 Å². The minimum Gasteiger partial charge on any atom is -0.493 e. The van der Waals surface area contributed by atoms with Gasteiger partial charge in [-0.3, -0.25) is 9.59 Å². The zero-order valence-electron chi connectivity index (χ0n) is 18.0. The lowest BCUT2D eigenvalue weighted by atomic mass is 9.97. The van der Waals surface area contributed by atoms with Crippen LogP contribution in [0.3, 0.4) is 0 Å². The Labute approximate surface area is 188 Å². The number of likely N-dealkylation sites (tertiary alicyclic amines) is 1. The van der Waals surface area contributed by atoms with Gasteiger partial charge in [-0.1, -0.05) is 0 Å². The van der Waals surface area contributed by atoms with Gasteiger partial charge < -0.3 is 19.3 Å². The number of nitriles is 1. The van der Waals surface area contributed by atoms with Crippen molar-refractivity contribution in [2.45, 2.75) is 12.8 Å². The van der Waals surface area contributed by atoms with Crippen LogP contribution in [0.15, 0.2) is 48.5 Å². The third-order valence-electron chi connectivity index (χ3n) is 6.05. The van der Waals surface area contributed by atoms with Crippen molar-refractivity contribution in [3.63, 3.8) is 0 Å². The van der Waals surface area contributed by atoms with Gasteiger partial charge in [-0.05, 0) is 67.3 Å². The van der Waals surface area contributed by atoms with Crippen LogP contribution in [0.1, 0.15) is 39.1 Å². The number of ether oxygens (including phenoxy) is 2. The van der Waals surface area contributed by atoms with Gasteiger partial charge in [0.15, 0.2) is 0 Å². The molecule has 32 heavy (non-hydrogen) atoms. The lowest BCUT2D eigenvalue weighted by Crippen LogP contribution is -2.40. The smallest absolute Gasteiger partial charge is 0.254 e. The molecule has 166 valence electrons. The number of carbonyl (C=O) groups is 2. The molecule has 0 N–H and O–H groups in total. The van der Waals surface area contributed by atoms with Gasteiger partial charge in [0.25, 0.3) is 11.8 Å². The third-order valence-corrected chi connectivity index (χ3v) is 6.05. The molecule has 0 aliphatic carbocycles. The van der Waals surface area contributed by atoms with E-state index in [-0.39, 0.29) is 11.8 Å². The molecule has 2 aromatic rings. The number of hydrogen-bond acceptors (Lipinski definition) is 5. The Morgan fingerprint density at radius 2 is 1.41 bits per heavy atom. The molecule has 2 saturated heterocycles. The molecule has 7 nitrogen and oxygen atoms in total. The average molecular weight is 434 g/mol. The van der Waals surface area contributed by atoms with Gasteiger partial charge in [0.1, 0.15) is 5.75 Å². The van der Waals surface area contributed by atoms with Gasteiger partial charge in [-0.2, -0.15) is 5.26 Å². The third kappa shape index (κ3) is 5.27. The van der Waals surface area contributed by atoms with Crippen LogP contribution in [-0.4, -0.2) is 67.6 Å². The number of hydrogen-bond donors (Lipinski definition) is 0. The molecule has 4 rings (SSSR count). The Balaban J connectivity index is 1.23. The number of benzene rings is 2. The summed E-state index contributed by atoms with van der Waals surface area (Å²) in [7, 11) is 0. The summed E-state index contributed by atoms with van der Waals surface area (Å²) in [6, 6.07) is 16.2. The standard InChI is InChI=1S/C25H27N3O4/c26-17-19-1-3-21(4-2-19)24(29)27-11-9-20(10-12-27)18-32-23-7-5-22(6-8-23)25(30)28-13-15-31-16-14-28/h1-8,20H,9-16,18H2. The highest BCUT2D eigenvalue weighted by Gasteiger charge is 2.24. The Morgan fingerprint density at radius 3 is 1.97 bits per heavy atom. The molecule has 2 aliphatic rings. The maximum Gasteiger partial charge on any atom is 0.254 e. The minimum atomic E-state index is 0.00869. The first-order valence-electron chi connectivity index (χ1n) is 11.0. The first-order chi connectivity index (χ1) is 15.6. The van der Waals surface area contributed by atoms with E-state index in [2.05, 4.69) is 6.07 Å². The fourth-order valence-electron chi connectivity index (χ4n) is 4.03. The van der Waals surface area contributed by atoms with Crippen molar-refractivity contribution in [1.82, 2.24) is 9.80 Å². The van der Waals surface area contributed by atoms with Crippen molar-refractivity contribution >= 4 is 11.8 Å². The molecule has 0 bridgehead atoms. The van der Waals surface area contributed by atoms with Crippen LogP contribution in [0.5, 0.6) is 5.75 Å². The van der Waals surface area contributed by atoms with Gasteiger partial charge in [0, 0.05) is 37.3 Å². The molecule has 0 radical (unpaired) electrons. The number of morpholine rings is 1. The van der Waals surface area contributed by atoms with Gasteiger partial charge in [0.2, 0.25) is 0 Å². The highest BCUT2D eigenvalue weighted by Crippen LogP contribution is 2.22. The van der Waals surface area contributed by atoms with E-state index in [0.29, 0.717) is 68.6 Å². The monoisotopic (exact) mass is 433 g/mol. The largest absolute Gasteiger partial charge is 0.493 e. The molecule has 0 aromatic heterocycles. The zero-order chi connectivity index (χ0) is 22.3. The second kappa shape index (κ2) is 10.3. The molecule has 0 atom stereocenters. The van der Waals surface area contributed by atoms with Crippen molar-refractivity contribution in [3.8, 4) is 11.8 Å². The summed E-state index contributed by atoms with van der Waals surface area (Å²) in [6.45, 7) is 4.41. The highest BCUT2D eigenvalue weighted by molar-refractivity contribution is 5.95. The normalized spacial score (nSPS) is 17.0. The van der Waals surface area contributed by atoms with E-state index in [4.69, 9.17) is 14.7 Å². The highest BCUT2D eigenvalue weighted by atomic mass is 16.5. The Bertz CT molecular complexity index is 968. The minimum absolute atomic E-state index is 0.00869. The van der Waals surface area contributed by atoms with Gasteiger partial charge >= 0.3 is 0 Å². The van der Waals surface area contributed by atoms with Crippen LogP contribution < -0.4 is 4.74 Å². The van der Waals surface area contributed by atoms with Crippen LogP contribution in [0.25, 0.3) is 0 Å². The van der Waals surface area contributed by atoms with Crippen LogP contribution in [0.4, 0.5) is 0 Å². The molecule has 0 saturated carbocycles. The number of nitrogens with zero attached hydrogens (tertiary/aromatic N) is 3. The second-order valence-corrected chi connectivity index (χ2v) is 8.16. The van der Waals surface area contributed by atoms with E-state index in [1.807, 2.05) is 34.1 Å². The van der Waals surface area contributed by atoms with Crippen LogP contribution in [0.2, 0.25) is 0 Å². The molecular weight excluding hydrogens is 406 g/mol. The average Bonchev–Trinajstić information content (AvgIpc) is 2.88. The first kappa shape index (κ1) is 21.8. The quantitative estimate of drug-likeness (QED) is 0.724. The Hall–Kier alpha value is -3.37. The van der Waals surface area contributed by atoms with Crippen molar-refractivity contribution in [3.05, 3.63) is 65.2 Å². The molecule has 2 aromatic carbocycles. The number of rotatable bonds is 5. The summed E-state index contributed by atoms with van der Waals surface area (Å²) < 4.78 is 11.3. The summed E-state index contributed by atoms with van der Waals surface area (Å²) in [5.74, 6) is 1.17. The number of piperidine rings is 1. The van der Waals surface area contributed by atoms with Crippen molar-refractivity contribution in [2.24, 2.45) is 5.92 Å². The zero-order valence-corrected chi connectivity index (χ0v) is 18.0. The first-order valence-corrected chi connectivity index (χ1v) is 11.0. The van der Waals surface area contributed by atoms with Gasteiger partial charge in [-0.25, -0.2) is 0 Å². The molecule has 7 heteroatoms. The summed E-state index contributed by atoms with van der Waals surface area (Å²) in [5.41, 5.74) is 1.83. The second-order valence-electron chi connectivity index (χ2n) is 8.16. The van der Waals surface area contributed by atoms with E-state index >= 15 is 0 Å². The van der Waals surface area contributed by atoms with E-state index in [1.54, 1.807) is 24.3 Å².